The summed E-state index contributed by atoms with van der Waals surface area (Å²) in [5.41, 5.74) is 0. The Balaban J connectivity index is 1.24. The molecule has 12 unspecified atom stereocenters. The number of cyclic esters (lactones) is 4. The number of carbonyl (C=O) groups is 4. The van der Waals surface area contributed by atoms with Crippen LogP contribution >= 0.6 is 0 Å². The zero-order valence-electron chi connectivity index (χ0n) is 15.4. The first kappa shape index (κ1) is 15.2. The topological polar surface area (TPSA) is 86.7 Å². The molecule has 12 atom stereocenters. The van der Waals surface area contributed by atoms with Crippen LogP contribution in [0.15, 0.2) is 0 Å². The molecule has 146 valence electrons. The minimum absolute atomic E-state index is 0.207. The molecule has 2 saturated heterocycles. The maximum Gasteiger partial charge on any atom is 0.317 e. The van der Waals surface area contributed by atoms with Crippen molar-refractivity contribution >= 4 is 23.9 Å². The smallest absolute Gasteiger partial charge is 0.317 e. The van der Waals surface area contributed by atoms with E-state index in [1.807, 2.05) is 0 Å². The van der Waals surface area contributed by atoms with E-state index in [0.717, 1.165) is 12.8 Å². The van der Waals surface area contributed by atoms with E-state index in [1.165, 1.54) is 12.8 Å². The van der Waals surface area contributed by atoms with Gasteiger partial charge < -0.3 is 9.47 Å². The van der Waals surface area contributed by atoms with Crippen LogP contribution in [-0.4, -0.2) is 23.9 Å². The molecule has 9 rings (SSSR count). The van der Waals surface area contributed by atoms with Crippen LogP contribution in [0.1, 0.15) is 25.7 Å². The van der Waals surface area contributed by atoms with Gasteiger partial charge in [-0.25, -0.2) is 0 Å². The van der Waals surface area contributed by atoms with Gasteiger partial charge in [0.05, 0.1) is 23.7 Å². The van der Waals surface area contributed by atoms with Crippen LogP contribution in [0.2, 0.25) is 0 Å². The third-order valence-corrected chi connectivity index (χ3v) is 10.9. The van der Waals surface area contributed by atoms with E-state index in [2.05, 4.69) is 0 Å². The summed E-state index contributed by atoms with van der Waals surface area (Å²) in [5.74, 6) is 2.33. The SMILES string of the molecule is O=C1OC(=O)C2C3CC(C12)C1C2CCC(C31)C1C3CC(C4C(=O)OC(=O)C34)C21. The summed E-state index contributed by atoms with van der Waals surface area (Å²) in [6.07, 6.45) is 4.36. The number of ether oxygens (including phenoxy) is 2. The molecule has 7 aliphatic carbocycles. The fourth-order valence-electron chi connectivity index (χ4n) is 10.8. The fourth-order valence-corrected chi connectivity index (χ4v) is 10.8. The minimum Gasteiger partial charge on any atom is -0.393 e. The molecule has 2 heterocycles. The van der Waals surface area contributed by atoms with E-state index in [0.29, 0.717) is 59.2 Å². The number of hydrogen-bond donors (Lipinski definition) is 0. The summed E-state index contributed by atoms with van der Waals surface area (Å²) in [6, 6.07) is 0. The van der Waals surface area contributed by atoms with E-state index in [1.54, 1.807) is 0 Å². The molecule has 0 aromatic carbocycles. The summed E-state index contributed by atoms with van der Waals surface area (Å²) in [6.45, 7) is 0. The Morgan fingerprint density at radius 1 is 0.464 bits per heavy atom. The molecule has 6 heteroatoms. The minimum atomic E-state index is -0.281. The van der Waals surface area contributed by atoms with Gasteiger partial charge >= 0.3 is 23.9 Å². The Hall–Kier alpha value is -1.72. The molecule has 9 aliphatic rings. The monoisotopic (exact) mass is 382 g/mol. The first-order valence-corrected chi connectivity index (χ1v) is 11.1. The van der Waals surface area contributed by atoms with Crippen LogP contribution in [0.4, 0.5) is 0 Å². The molecule has 28 heavy (non-hydrogen) atoms. The molecule has 0 aromatic rings. The van der Waals surface area contributed by atoms with Gasteiger partial charge in [-0.1, -0.05) is 0 Å². The van der Waals surface area contributed by atoms with Crippen LogP contribution in [0.5, 0.6) is 0 Å². The van der Waals surface area contributed by atoms with E-state index < -0.39 is 0 Å². The molecule has 6 bridgehead atoms. The van der Waals surface area contributed by atoms with Gasteiger partial charge in [0.2, 0.25) is 0 Å². The molecular formula is C22H22O6. The van der Waals surface area contributed by atoms with Crippen molar-refractivity contribution in [3.63, 3.8) is 0 Å². The molecule has 0 N–H and O–H groups in total. The normalized spacial score (nSPS) is 64.0. The summed E-state index contributed by atoms with van der Waals surface area (Å²) < 4.78 is 10.1. The second-order valence-electron chi connectivity index (χ2n) is 10.9. The van der Waals surface area contributed by atoms with Crippen LogP contribution in [0.3, 0.4) is 0 Å². The fraction of sp³-hybridized carbons (Fsp3) is 0.818. The zero-order valence-corrected chi connectivity index (χ0v) is 15.4. The Labute approximate surface area is 161 Å². The lowest BCUT2D eigenvalue weighted by molar-refractivity contribution is -0.160. The largest absolute Gasteiger partial charge is 0.393 e. The Morgan fingerprint density at radius 2 is 0.750 bits per heavy atom. The summed E-state index contributed by atoms with van der Waals surface area (Å²) >= 11 is 0. The summed E-state index contributed by atoms with van der Waals surface area (Å²) in [4.78, 5) is 49.5. The van der Waals surface area contributed by atoms with Crippen molar-refractivity contribution in [2.24, 2.45) is 82.9 Å². The Morgan fingerprint density at radius 3 is 1.04 bits per heavy atom. The average Bonchev–Trinajstić information content (AvgIpc) is 3.47. The molecule has 7 saturated carbocycles. The second-order valence-corrected chi connectivity index (χ2v) is 10.9. The first-order chi connectivity index (χ1) is 13.6. The van der Waals surface area contributed by atoms with Crippen molar-refractivity contribution in [1.29, 1.82) is 0 Å². The van der Waals surface area contributed by atoms with E-state index in [-0.39, 0.29) is 47.5 Å². The van der Waals surface area contributed by atoms with Crippen molar-refractivity contribution in [1.82, 2.24) is 0 Å². The number of esters is 4. The van der Waals surface area contributed by atoms with Crippen molar-refractivity contribution < 1.29 is 28.7 Å². The molecule has 0 radical (unpaired) electrons. The van der Waals surface area contributed by atoms with Crippen molar-refractivity contribution in [2.45, 2.75) is 25.7 Å². The predicted octanol–water partition coefficient (Wildman–Crippen LogP) is 1.42. The summed E-state index contributed by atoms with van der Waals surface area (Å²) in [7, 11) is 0. The predicted molar refractivity (Wildman–Crippen MR) is 89.5 cm³/mol. The van der Waals surface area contributed by atoms with Crippen LogP contribution in [-0.2, 0) is 28.7 Å². The van der Waals surface area contributed by atoms with E-state index in [4.69, 9.17) is 9.47 Å². The van der Waals surface area contributed by atoms with Gasteiger partial charge in [0.15, 0.2) is 0 Å². The first-order valence-electron chi connectivity index (χ1n) is 11.1. The standard InChI is InChI=1S/C22H22O6/c23-19-15-7-3-9(17(15)21(25)27-19)13-6-2-1-5(11(7)13)12-8-4-10(14(6)12)18-16(8)20(24)28-22(18)26/h5-18H,1-4H2. The van der Waals surface area contributed by atoms with Crippen LogP contribution in [0.25, 0.3) is 0 Å². The lowest BCUT2D eigenvalue weighted by Gasteiger charge is -2.61. The molecule has 9 fully saturated rings. The van der Waals surface area contributed by atoms with Gasteiger partial charge in [-0.2, -0.15) is 0 Å². The molecular weight excluding hydrogens is 360 g/mol. The second kappa shape index (κ2) is 4.39. The van der Waals surface area contributed by atoms with Gasteiger partial charge in [-0.05, 0) is 84.9 Å². The zero-order chi connectivity index (χ0) is 18.6. The van der Waals surface area contributed by atoms with Crippen LogP contribution < -0.4 is 0 Å². The van der Waals surface area contributed by atoms with Gasteiger partial charge in [0, 0.05) is 0 Å². The summed E-state index contributed by atoms with van der Waals surface area (Å²) in [5, 5.41) is 0. The number of hydrogen-bond acceptors (Lipinski definition) is 6. The maximum absolute atomic E-state index is 12.4. The Bertz CT molecular complexity index is 757. The van der Waals surface area contributed by atoms with Gasteiger partial charge in [0.25, 0.3) is 0 Å². The molecule has 0 aromatic heterocycles. The average molecular weight is 382 g/mol. The van der Waals surface area contributed by atoms with Gasteiger partial charge in [0.1, 0.15) is 0 Å². The third-order valence-electron chi connectivity index (χ3n) is 10.9. The van der Waals surface area contributed by atoms with E-state index in [9.17, 15) is 19.2 Å². The highest BCUT2D eigenvalue weighted by Crippen LogP contribution is 2.77. The highest BCUT2D eigenvalue weighted by molar-refractivity contribution is 5.98. The van der Waals surface area contributed by atoms with E-state index >= 15 is 0 Å². The molecule has 2 aliphatic heterocycles. The molecule has 0 amide bonds. The number of fused-ring (bicyclic) bond motifs is 11. The van der Waals surface area contributed by atoms with Crippen molar-refractivity contribution in [3.8, 4) is 0 Å². The highest BCUT2D eigenvalue weighted by atomic mass is 16.6. The Kier molecular flexibility index (Phi) is 2.38. The number of rotatable bonds is 0. The van der Waals surface area contributed by atoms with Gasteiger partial charge in [-0.15, -0.1) is 0 Å². The van der Waals surface area contributed by atoms with Crippen molar-refractivity contribution in [3.05, 3.63) is 0 Å². The van der Waals surface area contributed by atoms with Crippen LogP contribution in [0, 0.1) is 82.9 Å². The quantitative estimate of drug-likeness (QED) is 0.465. The molecule has 0 spiro atoms. The van der Waals surface area contributed by atoms with Gasteiger partial charge in [-0.3, -0.25) is 19.2 Å². The lowest BCUT2D eigenvalue weighted by Crippen LogP contribution is -2.59. The molecule has 6 nitrogen and oxygen atoms in total. The lowest BCUT2D eigenvalue weighted by atomic mass is 9.42. The van der Waals surface area contributed by atoms with Crippen molar-refractivity contribution in [2.75, 3.05) is 0 Å². The number of carbonyl (C=O) groups excluding carboxylic acids is 4. The third kappa shape index (κ3) is 1.34. The highest BCUT2D eigenvalue weighted by Gasteiger charge is 2.77. The maximum atomic E-state index is 12.4.